The fourth-order valence-corrected chi connectivity index (χ4v) is 1.51. The Hall–Kier alpha value is -1.59. The average molecular weight is 252 g/mol. The van der Waals surface area contributed by atoms with Crippen LogP contribution in [0.2, 0.25) is 0 Å². The minimum atomic E-state index is -0.466. The van der Waals surface area contributed by atoms with Gasteiger partial charge in [-0.3, -0.25) is 4.79 Å². The Balaban J connectivity index is 2.55. The third-order valence-corrected chi connectivity index (χ3v) is 2.35. The first-order chi connectivity index (χ1) is 8.52. The van der Waals surface area contributed by atoms with Crippen molar-refractivity contribution in [2.75, 3.05) is 25.5 Å². The smallest absolute Gasteiger partial charge is 0.238 e. The van der Waals surface area contributed by atoms with E-state index in [9.17, 15) is 4.79 Å². The van der Waals surface area contributed by atoms with Gasteiger partial charge in [-0.1, -0.05) is 6.07 Å². The Kier molecular flexibility index (Phi) is 5.61. The van der Waals surface area contributed by atoms with E-state index in [0.717, 1.165) is 5.56 Å². The molecule has 0 radical (unpaired) electrons. The maximum absolute atomic E-state index is 11.7. The fourth-order valence-electron chi connectivity index (χ4n) is 1.51. The van der Waals surface area contributed by atoms with Gasteiger partial charge in [0.05, 0.1) is 25.4 Å². The molecule has 3 N–H and O–H groups in total. The van der Waals surface area contributed by atoms with Crippen LogP contribution in [0.25, 0.3) is 0 Å². The number of ether oxygens (including phenoxy) is 1. The van der Waals surface area contributed by atoms with Crippen LogP contribution < -0.4 is 15.4 Å². The van der Waals surface area contributed by atoms with Crippen molar-refractivity contribution < 1.29 is 14.6 Å². The van der Waals surface area contributed by atoms with Gasteiger partial charge in [0.2, 0.25) is 5.91 Å². The van der Waals surface area contributed by atoms with E-state index in [1.165, 1.54) is 0 Å². The third-order valence-electron chi connectivity index (χ3n) is 2.35. The van der Waals surface area contributed by atoms with Crippen molar-refractivity contribution in [2.45, 2.75) is 20.0 Å². The first kappa shape index (κ1) is 14.5. The number of benzene rings is 1. The Morgan fingerprint density at radius 1 is 1.50 bits per heavy atom. The van der Waals surface area contributed by atoms with Gasteiger partial charge < -0.3 is 20.5 Å². The van der Waals surface area contributed by atoms with Crippen molar-refractivity contribution in [1.29, 1.82) is 0 Å². The van der Waals surface area contributed by atoms with Crippen molar-refractivity contribution in [1.82, 2.24) is 5.32 Å². The molecule has 1 rings (SSSR count). The van der Waals surface area contributed by atoms with Gasteiger partial charge in [0, 0.05) is 6.54 Å². The van der Waals surface area contributed by atoms with Crippen LogP contribution in [0.5, 0.6) is 5.75 Å². The standard InChI is InChI=1S/C13H20N2O3/c1-9-4-5-12(18-3)11(6-9)15-13(17)8-14-7-10(2)16/h4-6,10,14,16H,7-8H2,1-3H3,(H,15,17)/t10-/m1/s1. The van der Waals surface area contributed by atoms with Crippen LogP contribution in [-0.2, 0) is 4.79 Å². The predicted octanol–water partition coefficient (Wildman–Crippen LogP) is 0.913. The minimum Gasteiger partial charge on any atom is -0.495 e. The van der Waals surface area contributed by atoms with E-state index in [0.29, 0.717) is 18.0 Å². The van der Waals surface area contributed by atoms with Crippen molar-refractivity contribution in [2.24, 2.45) is 0 Å². The molecule has 0 saturated heterocycles. The van der Waals surface area contributed by atoms with Crippen molar-refractivity contribution in [3.63, 3.8) is 0 Å². The summed E-state index contributed by atoms with van der Waals surface area (Å²) in [5.41, 5.74) is 1.70. The molecule has 1 atom stereocenters. The first-order valence-electron chi connectivity index (χ1n) is 5.86. The summed E-state index contributed by atoms with van der Waals surface area (Å²) >= 11 is 0. The molecule has 18 heavy (non-hydrogen) atoms. The Labute approximate surface area is 107 Å². The molecule has 1 aromatic carbocycles. The van der Waals surface area contributed by atoms with Gasteiger partial charge in [0.15, 0.2) is 0 Å². The molecule has 0 aliphatic carbocycles. The molecule has 1 amide bonds. The molecule has 0 bridgehead atoms. The second kappa shape index (κ2) is 6.98. The van der Waals surface area contributed by atoms with Crippen LogP contribution in [0.1, 0.15) is 12.5 Å². The van der Waals surface area contributed by atoms with Crippen LogP contribution in [0.4, 0.5) is 5.69 Å². The first-order valence-corrected chi connectivity index (χ1v) is 5.86. The summed E-state index contributed by atoms with van der Waals surface area (Å²) in [6, 6.07) is 5.58. The summed E-state index contributed by atoms with van der Waals surface area (Å²) < 4.78 is 5.17. The van der Waals surface area contributed by atoms with E-state index < -0.39 is 6.10 Å². The number of anilines is 1. The number of aryl methyl sites for hydroxylation is 1. The molecular weight excluding hydrogens is 232 g/mol. The van der Waals surface area contributed by atoms with Gasteiger partial charge in [-0.05, 0) is 31.5 Å². The summed E-state index contributed by atoms with van der Waals surface area (Å²) in [7, 11) is 1.56. The van der Waals surface area contributed by atoms with Crippen LogP contribution in [0.3, 0.4) is 0 Å². The summed E-state index contributed by atoms with van der Waals surface area (Å²) in [5.74, 6) is 0.462. The molecule has 100 valence electrons. The highest BCUT2D eigenvalue weighted by Gasteiger charge is 2.07. The van der Waals surface area contributed by atoms with Gasteiger partial charge in [-0.25, -0.2) is 0 Å². The molecule has 0 spiro atoms. The molecule has 5 nitrogen and oxygen atoms in total. The van der Waals surface area contributed by atoms with Gasteiger partial charge in [0.1, 0.15) is 5.75 Å². The topological polar surface area (TPSA) is 70.6 Å². The highest BCUT2D eigenvalue weighted by molar-refractivity contribution is 5.93. The van der Waals surface area contributed by atoms with E-state index in [4.69, 9.17) is 9.84 Å². The number of nitrogens with one attached hydrogen (secondary N) is 2. The van der Waals surface area contributed by atoms with E-state index in [1.807, 2.05) is 25.1 Å². The average Bonchev–Trinajstić information content (AvgIpc) is 2.28. The van der Waals surface area contributed by atoms with Crippen molar-refractivity contribution in [3.05, 3.63) is 23.8 Å². The summed E-state index contributed by atoms with van der Waals surface area (Å²) in [6.45, 7) is 4.15. The van der Waals surface area contributed by atoms with Crippen molar-refractivity contribution >= 4 is 11.6 Å². The Bertz CT molecular complexity index is 405. The number of carbonyl (C=O) groups excluding carboxylic acids is 1. The maximum Gasteiger partial charge on any atom is 0.238 e. The lowest BCUT2D eigenvalue weighted by Crippen LogP contribution is -2.32. The third kappa shape index (κ3) is 4.73. The minimum absolute atomic E-state index is 0.155. The zero-order valence-electron chi connectivity index (χ0n) is 11.0. The Morgan fingerprint density at radius 2 is 2.22 bits per heavy atom. The lowest BCUT2D eigenvalue weighted by atomic mass is 10.2. The fraction of sp³-hybridized carbons (Fsp3) is 0.462. The number of hydrogen-bond donors (Lipinski definition) is 3. The number of hydrogen-bond acceptors (Lipinski definition) is 4. The second-order valence-corrected chi connectivity index (χ2v) is 4.23. The van der Waals surface area contributed by atoms with Gasteiger partial charge >= 0.3 is 0 Å². The molecule has 5 heteroatoms. The number of carbonyl (C=O) groups is 1. The molecule has 0 aromatic heterocycles. The monoisotopic (exact) mass is 252 g/mol. The number of aliphatic hydroxyl groups is 1. The van der Waals surface area contributed by atoms with Crippen LogP contribution in [0.15, 0.2) is 18.2 Å². The lowest BCUT2D eigenvalue weighted by molar-refractivity contribution is -0.115. The zero-order valence-corrected chi connectivity index (χ0v) is 11.0. The number of aliphatic hydroxyl groups excluding tert-OH is 1. The molecule has 0 aliphatic heterocycles. The molecule has 0 saturated carbocycles. The highest BCUT2D eigenvalue weighted by atomic mass is 16.5. The van der Waals surface area contributed by atoms with Gasteiger partial charge in [-0.15, -0.1) is 0 Å². The van der Waals surface area contributed by atoms with Crippen LogP contribution >= 0.6 is 0 Å². The largest absolute Gasteiger partial charge is 0.495 e. The normalized spacial score (nSPS) is 12.0. The molecule has 1 aromatic rings. The predicted molar refractivity (Wildman–Crippen MR) is 70.9 cm³/mol. The molecular formula is C13H20N2O3. The van der Waals surface area contributed by atoms with E-state index >= 15 is 0 Å². The highest BCUT2D eigenvalue weighted by Crippen LogP contribution is 2.24. The number of methoxy groups -OCH3 is 1. The van der Waals surface area contributed by atoms with Gasteiger partial charge in [0.25, 0.3) is 0 Å². The van der Waals surface area contributed by atoms with E-state index in [-0.39, 0.29) is 12.5 Å². The lowest BCUT2D eigenvalue weighted by Gasteiger charge is -2.11. The second-order valence-electron chi connectivity index (χ2n) is 4.23. The molecule has 0 aliphatic rings. The van der Waals surface area contributed by atoms with Gasteiger partial charge in [-0.2, -0.15) is 0 Å². The SMILES string of the molecule is COc1ccc(C)cc1NC(=O)CNC[C@@H](C)O. The molecule has 0 heterocycles. The number of amides is 1. The summed E-state index contributed by atoms with van der Waals surface area (Å²) in [6.07, 6.45) is -0.466. The summed E-state index contributed by atoms with van der Waals surface area (Å²) in [5, 5.41) is 14.7. The van der Waals surface area contributed by atoms with Crippen molar-refractivity contribution in [3.8, 4) is 5.75 Å². The molecule has 0 fully saturated rings. The Morgan fingerprint density at radius 3 is 2.83 bits per heavy atom. The van der Waals surface area contributed by atoms with Crippen LogP contribution in [0, 0.1) is 6.92 Å². The van der Waals surface area contributed by atoms with Crippen LogP contribution in [-0.4, -0.2) is 37.3 Å². The molecule has 0 unspecified atom stereocenters. The zero-order chi connectivity index (χ0) is 13.5. The van der Waals surface area contributed by atoms with E-state index in [2.05, 4.69) is 10.6 Å². The number of rotatable bonds is 6. The quantitative estimate of drug-likeness (QED) is 0.704. The summed E-state index contributed by atoms with van der Waals surface area (Å²) in [4.78, 5) is 11.7. The van der Waals surface area contributed by atoms with E-state index in [1.54, 1.807) is 14.0 Å². The maximum atomic E-state index is 11.7.